The highest BCUT2D eigenvalue weighted by Crippen LogP contribution is 2.27. The number of aromatic nitrogens is 2. The van der Waals surface area contributed by atoms with Crippen LogP contribution in [0.4, 0.5) is 0 Å². The Morgan fingerprint density at radius 3 is 2.88 bits per heavy atom. The lowest BCUT2D eigenvalue weighted by Crippen LogP contribution is -2.23. The van der Waals surface area contributed by atoms with Gasteiger partial charge in [-0.25, -0.2) is 0 Å². The van der Waals surface area contributed by atoms with Crippen LogP contribution in [-0.2, 0) is 12.8 Å². The van der Waals surface area contributed by atoms with E-state index in [4.69, 9.17) is 5.11 Å². The van der Waals surface area contributed by atoms with Gasteiger partial charge in [-0.3, -0.25) is 9.89 Å². The van der Waals surface area contributed by atoms with Gasteiger partial charge in [-0.05, 0) is 24.7 Å². The van der Waals surface area contributed by atoms with Crippen molar-refractivity contribution in [3.63, 3.8) is 0 Å². The Bertz CT molecular complexity index is 396. The Morgan fingerprint density at radius 1 is 1.50 bits per heavy atom. The summed E-state index contributed by atoms with van der Waals surface area (Å²) in [7, 11) is 0. The van der Waals surface area contributed by atoms with E-state index in [0.717, 1.165) is 29.8 Å². The smallest absolute Gasteiger partial charge is 0.166 e. The molecule has 0 bridgehead atoms. The molecule has 1 aromatic heterocycles. The second-order valence-electron chi connectivity index (χ2n) is 5.00. The normalized spacial score (nSPS) is 20.2. The summed E-state index contributed by atoms with van der Waals surface area (Å²) in [5.41, 5.74) is 2.59. The van der Waals surface area contributed by atoms with Gasteiger partial charge in [-0.2, -0.15) is 5.10 Å². The van der Waals surface area contributed by atoms with Crippen molar-refractivity contribution in [2.75, 3.05) is 6.61 Å². The molecule has 88 valence electrons. The number of H-pyrrole nitrogens is 1. The molecule has 4 nitrogen and oxygen atoms in total. The van der Waals surface area contributed by atoms with E-state index in [1.54, 1.807) is 0 Å². The quantitative estimate of drug-likeness (QED) is 0.811. The van der Waals surface area contributed by atoms with Gasteiger partial charge >= 0.3 is 0 Å². The average molecular weight is 222 g/mol. The van der Waals surface area contributed by atoms with E-state index in [2.05, 4.69) is 24.0 Å². The zero-order valence-corrected chi connectivity index (χ0v) is 9.79. The molecular weight excluding hydrogens is 204 g/mol. The highest BCUT2D eigenvalue weighted by molar-refractivity contribution is 5.99. The number of aliphatic hydroxyl groups is 1. The number of carbonyl (C=O) groups excluding carboxylic acids is 1. The van der Waals surface area contributed by atoms with Crippen molar-refractivity contribution < 1.29 is 9.90 Å². The van der Waals surface area contributed by atoms with Crippen LogP contribution in [-0.4, -0.2) is 27.7 Å². The Hall–Kier alpha value is -1.16. The van der Waals surface area contributed by atoms with Crippen LogP contribution in [0.5, 0.6) is 0 Å². The summed E-state index contributed by atoms with van der Waals surface area (Å²) in [6.07, 6.45) is 2.03. The summed E-state index contributed by atoms with van der Waals surface area (Å²) in [5, 5.41) is 16.3. The molecule has 4 heteroatoms. The molecule has 0 aromatic carbocycles. The van der Waals surface area contributed by atoms with E-state index in [9.17, 15) is 4.79 Å². The minimum absolute atomic E-state index is 0.0624. The monoisotopic (exact) mass is 222 g/mol. The van der Waals surface area contributed by atoms with Gasteiger partial charge in [0, 0.05) is 18.7 Å². The average Bonchev–Trinajstić information content (AvgIpc) is 2.60. The number of hydrogen-bond donors (Lipinski definition) is 2. The lowest BCUT2D eigenvalue weighted by atomic mass is 9.85. The standard InChI is InChI=1S/C12H18N2O2/c1-7(2)3-9-12-10(14-13-9)4-8(6-15)5-11(12)16/h7-8,15H,3-6H2,1-2H3,(H,13,14). The minimum Gasteiger partial charge on any atom is -0.396 e. The zero-order valence-electron chi connectivity index (χ0n) is 9.79. The molecule has 0 aliphatic heterocycles. The molecule has 1 aromatic rings. The van der Waals surface area contributed by atoms with Gasteiger partial charge in [0.1, 0.15) is 0 Å². The van der Waals surface area contributed by atoms with Crippen LogP contribution < -0.4 is 0 Å². The maximum absolute atomic E-state index is 11.9. The van der Waals surface area contributed by atoms with Crippen molar-refractivity contribution in [1.29, 1.82) is 0 Å². The molecule has 1 atom stereocenters. The van der Waals surface area contributed by atoms with Crippen LogP contribution in [0.3, 0.4) is 0 Å². The van der Waals surface area contributed by atoms with E-state index in [-0.39, 0.29) is 18.3 Å². The molecule has 16 heavy (non-hydrogen) atoms. The molecular formula is C12H18N2O2. The number of nitrogens with zero attached hydrogens (tertiary/aromatic N) is 1. The lowest BCUT2D eigenvalue weighted by Gasteiger charge is -2.19. The topological polar surface area (TPSA) is 66.0 Å². The first kappa shape index (κ1) is 11.3. The van der Waals surface area contributed by atoms with Gasteiger partial charge in [0.15, 0.2) is 5.78 Å². The van der Waals surface area contributed by atoms with Crippen molar-refractivity contribution in [3.8, 4) is 0 Å². The highest BCUT2D eigenvalue weighted by atomic mass is 16.3. The predicted molar refractivity (Wildman–Crippen MR) is 60.4 cm³/mol. The van der Waals surface area contributed by atoms with Crippen molar-refractivity contribution >= 4 is 5.78 Å². The SMILES string of the molecule is CC(C)Cc1n[nH]c2c1C(=O)CC(CO)C2. The molecule has 0 amide bonds. The van der Waals surface area contributed by atoms with E-state index in [0.29, 0.717) is 12.3 Å². The maximum atomic E-state index is 11.9. The van der Waals surface area contributed by atoms with Crippen molar-refractivity contribution in [3.05, 3.63) is 17.0 Å². The van der Waals surface area contributed by atoms with Gasteiger partial charge < -0.3 is 5.11 Å². The third-order valence-corrected chi connectivity index (χ3v) is 3.02. The molecule has 1 aliphatic rings. The number of fused-ring (bicyclic) bond motifs is 1. The molecule has 1 aliphatic carbocycles. The van der Waals surface area contributed by atoms with E-state index >= 15 is 0 Å². The van der Waals surface area contributed by atoms with Crippen LogP contribution >= 0.6 is 0 Å². The number of hydrogen-bond acceptors (Lipinski definition) is 3. The largest absolute Gasteiger partial charge is 0.396 e. The second-order valence-corrected chi connectivity index (χ2v) is 5.00. The Labute approximate surface area is 95.1 Å². The molecule has 0 spiro atoms. The van der Waals surface area contributed by atoms with Crippen molar-refractivity contribution in [1.82, 2.24) is 10.2 Å². The highest BCUT2D eigenvalue weighted by Gasteiger charge is 2.29. The number of aliphatic hydroxyl groups excluding tert-OH is 1. The lowest BCUT2D eigenvalue weighted by molar-refractivity contribution is 0.0917. The summed E-state index contributed by atoms with van der Waals surface area (Å²) in [6.45, 7) is 4.31. The fourth-order valence-corrected chi connectivity index (χ4v) is 2.29. The first-order chi connectivity index (χ1) is 7.61. The summed E-state index contributed by atoms with van der Waals surface area (Å²) in [4.78, 5) is 11.9. The number of rotatable bonds is 3. The summed E-state index contributed by atoms with van der Waals surface area (Å²) in [6, 6.07) is 0. The van der Waals surface area contributed by atoms with Crippen LogP contribution in [0.15, 0.2) is 0 Å². The number of nitrogens with one attached hydrogen (secondary N) is 1. The van der Waals surface area contributed by atoms with E-state index in [1.165, 1.54) is 0 Å². The maximum Gasteiger partial charge on any atom is 0.166 e. The summed E-state index contributed by atoms with van der Waals surface area (Å²) >= 11 is 0. The molecule has 1 heterocycles. The van der Waals surface area contributed by atoms with Gasteiger partial charge in [-0.1, -0.05) is 13.8 Å². The fourth-order valence-electron chi connectivity index (χ4n) is 2.29. The first-order valence-corrected chi connectivity index (χ1v) is 5.82. The Morgan fingerprint density at radius 2 is 2.25 bits per heavy atom. The molecule has 2 N–H and O–H groups in total. The molecule has 2 rings (SSSR count). The second kappa shape index (κ2) is 4.37. The third kappa shape index (κ3) is 2.02. The molecule has 0 saturated carbocycles. The van der Waals surface area contributed by atoms with E-state index in [1.807, 2.05) is 0 Å². The van der Waals surface area contributed by atoms with Crippen LogP contribution in [0.25, 0.3) is 0 Å². The van der Waals surface area contributed by atoms with E-state index < -0.39 is 0 Å². The molecule has 0 radical (unpaired) electrons. The van der Waals surface area contributed by atoms with Gasteiger partial charge in [-0.15, -0.1) is 0 Å². The first-order valence-electron chi connectivity index (χ1n) is 5.82. The predicted octanol–water partition coefficient (Wildman–Crippen LogP) is 1.35. The molecule has 0 fully saturated rings. The van der Waals surface area contributed by atoms with Gasteiger partial charge in [0.25, 0.3) is 0 Å². The summed E-state index contributed by atoms with van der Waals surface area (Å²) < 4.78 is 0. The minimum atomic E-state index is 0.0624. The van der Waals surface area contributed by atoms with Crippen LogP contribution in [0, 0.1) is 11.8 Å². The zero-order chi connectivity index (χ0) is 11.7. The molecule has 1 unspecified atom stereocenters. The van der Waals surface area contributed by atoms with Crippen molar-refractivity contribution in [2.24, 2.45) is 11.8 Å². The third-order valence-electron chi connectivity index (χ3n) is 3.02. The van der Waals surface area contributed by atoms with Crippen LogP contribution in [0.2, 0.25) is 0 Å². The van der Waals surface area contributed by atoms with Crippen LogP contribution in [0.1, 0.15) is 42.0 Å². The number of Topliss-reactive ketones (excluding diaryl/α,β-unsaturated/α-hetero) is 1. The number of aromatic amines is 1. The van der Waals surface area contributed by atoms with Gasteiger partial charge in [0.2, 0.25) is 0 Å². The van der Waals surface area contributed by atoms with Crippen molar-refractivity contribution in [2.45, 2.75) is 33.1 Å². The van der Waals surface area contributed by atoms with Gasteiger partial charge in [0.05, 0.1) is 11.3 Å². The summed E-state index contributed by atoms with van der Waals surface area (Å²) in [5.74, 6) is 0.688. The Kier molecular flexibility index (Phi) is 3.10. The number of carbonyl (C=O) groups is 1. The fraction of sp³-hybridized carbons (Fsp3) is 0.667. The molecule has 0 saturated heterocycles. The Balaban J connectivity index is 2.28. The number of ketones is 1.